The zero-order valence-electron chi connectivity index (χ0n) is 9.00. The molecule has 0 saturated carbocycles. The molecule has 2 rings (SSSR count). The van der Waals surface area contributed by atoms with Gasteiger partial charge in [-0.1, -0.05) is 18.2 Å². The Hall–Kier alpha value is -1.52. The standard InChI is InChI=1S/C12H11ClN2OS/c1-7(13)6-15-12(16)11-5-8-4-9(14)2-3-10(8)17-11/h2-5H,1,6,14H2,(H,15,16). The maximum atomic E-state index is 11.8. The normalized spacial score (nSPS) is 10.4. The molecule has 0 aliphatic heterocycles. The Kier molecular flexibility index (Phi) is 3.36. The van der Waals surface area contributed by atoms with Crippen molar-refractivity contribution in [2.45, 2.75) is 0 Å². The molecular weight excluding hydrogens is 256 g/mol. The first-order chi connectivity index (χ1) is 8.06. The molecule has 0 bridgehead atoms. The molecular formula is C12H11ClN2OS. The summed E-state index contributed by atoms with van der Waals surface area (Å²) < 4.78 is 1.04. The highest BCUT2D eigenvalue weighted by Gasteiger charge is 2.09. The van der Waals surface area contributed by atoms with Crippen LogP contribution in [0.3, 0.4) is 0 Å². The summed E-state index contributed by atoms with van der Waals surface area (Å²) in [4.78, 5) is 12.4. The molecule has 0 atom stereocenters. The van der Waals surface area contributed by atoms with E-state index in [2.05, 4.69) is 11.9 Å². The number of thiophene rings is 1. The number of benzene rings is 1. The van der Waals surface area contributed by atoms with Crippen molar-refractivity contribution in [2.24, 2.45) is 0 Å². The number of carbonyl (C=O) groups excluding carboxylic acids is 1. The zero-order valence-corrected chi connectivity index (χ0v) is 10.6. The molecule has 1 amide bonds. The number of hydrogen-bond donors (Lipinski definition) is 2. The first-order valence-corrected chi connectivity index (χ1v) is 6.16. The van der Waals surface area contributed by atoms with Gasteiger partial charge in [0.25, 0.3) is 5.91 Å². The van der Waals surface area contributed by atoms with E-state index in [-0.39, 0.29) is 12.5 Å². The van der Waals surface area contributed by atoms with E-state index in [1.165, 1.54) is 11.3 Å². The van der Waals surface area contributed by atoms with Gasteiger partial charge in [-0.2, -0.15) is 0 Å². The van der Waals surface area contributed by atoms with Gasteiger partial charge < -0.3 is 11.1 Å². The van der Waals surface area contributed by atoms with Crippen LogP contribution in [0.1, 0.15) is 9.67 Å². The largest absolute Gasteiger partial charge is 0.399 e. The quantitative estimate of drug-likeness (QED) is 0.839. The number of nitrogens with one attached hydrogen (secondary N) is 1. The van der Waals surface area contributed by atoms with Crippen LogP contribution in [0.15, 0.2) is 35.9 Å². The van der Waals surface area contributed by atoms with Crippen LogP contribution in [0.4, 0.5) is 5.69 Å². The average Bonchev–Trinajstić information content (AvgIpc) is 2.68. The highest BCUT2D eigenvalue weighted by Crippen LogP contribution is 2.27. The van der Waals surface area contributed by atoms with E-state index in [9.17, 15) is 4.79 Å². The van der Waals surface area contributed by atoms with Crippen molar-refractivity contribution >= 4 is 44.6 Å². The van der Waals surface area contributed by atoms with Crippen LogP contribution in [-0.2, 0) is 0 Å². The minimum atomic E-state index is -0.147. The minimum absolute atomic E-state index is 0.147. The minimum Gasteiger partial charge on any atom is -0.399 e. The maximum absolute atomic E-state index is 11.8. The number of fused-ring (bicyclic) bond motifs is 1. The highest BCUT2D eigenvalue weighted by molar-refractivity contribution is 7.20. The van der Waals surface area contributed by atoms with E-state index in [1.54, 1.807) is 0 Å². The monoisotopic (exact) mass is 266 g/mol. The lowest BCUT2D eigenvalue weighted by Gasteiger charge is -1.99. The maximum Gasteiger partial charge on any atom is 0.261 e. The average molecular weight is 267 g/mol. The van der Waals surface area contributed by atoms with Gasteiger partial charge in [0, 0.05) is 15.4 Å². The summed E-state index contributed by atoms with van der Waals surface area (Å²) in [7, 11) is 0. The van der Waals surface area contributed by atoms with Crippen LogP contribution in [0.2, 0.25) is 0 Å². The molecule has 88 valence electrons. The summed E-state index contributed by atoms with van der Waals surface area (Å²) in [5.74, 6) is -0.147. The Balaban J connectivity index is 2.24. The lowest BCUT2D eigenvalue weighted by atomic mass is 10.2. The Bertz CT molecular complexity index is 591. The Labute approximate surface area is 108 Å². The van der Waals surface area contributed by atoms with Gasteiger partial charge in [0.05, 0.1) is 11.4 Å². The second-order valence-corrected chi connectivity index (χ2v) is 5.23. The number of amides is 1. The van der Waals surface area contributed by atoms with E-state index < -0.39 is 0 Å². The molecule has 1 heterocycles. The number of anilines is 1. The molecule has 0 aliphatic rings. The van der Waals surface area contributed by atoms with Crippen LogP contribution in [0, 0.1) is 0 Å². The van der Waals surface area contributed by atoms with Crippen molar-refractivity contribution in [2.75, 3.05) is 12.3 Å². The number of hydrogen-bond acceptors (Lipinski definition) is 3. The molecule has 1 aromatic carbocycles. The van der Waals surface area contributed by atoms with Gasteiger partial charge in [0.1, 0.15) is 0 Å². The smallest absolute Gasteiger partial charge is 0.261 e. The van der Waals surface area contributed by atoms with Gasteiger partial charge in [-0.25, -0.2) is 0 Å². The fourth-order valence-corrected chi connectivity index (χ4v) is 2.46. The predicted molar refractivity (Wildman–Crippen MR) is 73.6 cm³/mol. The molecule has 0 saturated heterocycles. The van der Waals surface area contributed by atoms with Gasteiger partial charge in [-0.05, 0) is 29.7 Å². The molecule has 17 heavy (non-hydrogen) atoms. The Morgan fingerprint density at radius 3 is 2.94 bits per heavy atom. The van der Waals surface area contributed by atoms with Crippen molar-refractivity contribution in [3.63, 3.8) is 0 Å². The number of nitrogen functional groups attached to an aromatic ring is 1. The van der Waals surface area contributed by atoms with Crippen LogP contribution in [0.5, 0.6) is 0 Å². The second kappa shape index (κ2) is 4.77. The lowest BCUT2D eigenvalue weighted by molar-refractivity contribution is 0.0961. The van der Waals surface area contributed by atoms with Crippen molar-refractivity contribution in [1.82, 2.24) is 5.32 Å². The first-order valence-electron chi connectivity index (χ1n) is 4.97. The molecule has 0 unspecified atom stereocenters. The molecule has 0 aliphatic carbocycles. The molecule has 3 nitrogen and oxygen atoms in total. The molecule has 0 radical (unpaired) electrons. The van der Waals surface area contributed by atoms with Gasteiger partial charge in [0.15, 0.2) is 0 Å². The summed E-state index contributed by atoms with van der Waals surface area (Å²) in [5.41, 5.74) is 6.37. The third-order valence-corrected chi connectivity index (χ3v) is 3.45. The number of halogens is 1. The molecule has 3 N–H and O–H groups in total. The molecule has 0 fully saturated rings. The zero-order chi connectivity index (χ0) is 12.4. The molecule has 1 aromatic heterocycles. The van der Waals surface area contributed by atoms with Gasteiger partial charge in [-0.3, -0.25) is 4.79 Å². The van der Waals surface area contributed by atoms with Crippen molar-refractivity contribution in [3.05, 3.63) is 40.8 Å². The van der Waals surface area contributed by atoms with Crippen LogP contribution in [0.25, 0.3) is 10.1 Å². The number of rotatable bonds is 3. The summed E-state index contributed by atoms with van der Waals surface area (Å²) in [6, 6.07) is 7.40. The summed E-state index contributed by atoms with van der Waals surface area (Å²) in [6.07, 6.45) is 0. The third-order valence-electron chi connectivity index (χ3n) is 2.20. The summed E-state index contributed by atoms with van der Waals surface area (Å²) >= 11 is 7.01. The first kappa shape index (κ1) is 12.0. The van der Waals surface area contributed by atoms with Crippen LogP contribution in [-0.4, -0.2) is 12.5 Å². The van der Waals surface area contributed by atoms with Crippen LogP contribution >= 0.6 is 22.9 Å². The third kappa shape index (κ3) is 2.78. The van der Waals surface area contributed by atoms with Crippen molar-refractivity contribution < 1.29 is 4.79 Å². The van der Waals surface area contributed by atoms with E-state index in [4.69, 9.17) is 17.3 Å². The summed E-state index contributed by atoms with van der Waals surface area (Å²) in [5, 5.41) is 4.07. The fraction of sp³-hybridized carbons (Fsp3) is 0.0833. The lowest BCUT2D eigenvalue weighted by Crippen LogP contribution is -2.23. The topological polar surface area (TPSA) is 55.1 Å². The van der Waals surface area contributed by atoms with Gasteiger partial charge >= 0.3 is 0 Å². The predicted octanol–water partition coefficient (Wildman–Crippen LogP) is 2.97. The fourth-order valence-electron chi connectivity index (χ4n) is 1.44. The van der Waals surface area contributed by atoms with Gasteiger partial charge in [0.2, 0.25) is 0 Å². The Morgan fingerprint density at radius 2 is 2.24 bits per heavy atom. The number of nitrogens with two attached hydrogens (primary N) is 1. The van der Waals surface area contributed by atoms with Crippen molar-refractivity contribution in [3.8, 4) is 0 Å². The number of carbonyl (C=O) groups is 1. The molecule has 5 heteroatoms. The van der Waals surface area contributed by atoms with E-state index in [0.29, 0.717) is 15.6 Å². The molecule has 2 aromatic rings. The van der Waals surface area contributed by atoms with Crippen LogP contribution < -0.4 is 11.1 Å². The van der Waals surface area contributed by atoms with Crippen molar-refractivity contribution in [1.29, 1.82) is 0 Å². The SMILES string of the molecule is C=C(Cl)CNC(=O)c1cc2cc(N)ccc2s1. The van der Waals surface area contributed by atoms with E-state index in [0.717, 1.165) is 10.1 Å². The molecule has 0 spiro atoms. The van der Waals surface area contributed by atoms with Gasteiger partial charge in [-0.15, -0.1) is 11.3 Å². The van der Waals surface area contributed by atoms with E-state index >= 15 is 0 Å². The highest BCUT2D eigenvalue weighted by atomic mass is 35.5. The van der Waals surface area contributed by atoms with E-state index in [1.807, 2.05) is 24.3 Å². The summed E-state index contributed by atoms with van der Waals surface area (Å²) in [6.45, 7) is 3.79. The second-order valence-electron chi connectivity index (χ2n) is 3.61. The Morgan fingerprint density at radius 1 is 1.47 bits per heavy atom.